The highest BCUT2D eigenvalue weighted by Gasteiger charge is 2.32. The van der Waals surface area contributed by atoms with Gasteiger partial charge in [-0.15, -0.1) is 0 Å². The van der Waals surface area contributed by atoms with E-state index < -0.39 is 21.8 Å². The average Bonchev–Trinajstić information content (AvgIpc) is 2.72. The number of nitrogens with zero attached hydrogens (tertiary/aromatic N) is 3. The first kappa shape index (κ1) is 21.0. The van der Waals surface area contributed by atoms with Crippen molar-refractivity contribution in [3.8, 4) is 6.07 Å². The molecule has 154 valence electrons. The normalized spacial score (nSPS) is 15.3. The summed E-state index contributed by atoms with van der Waals surface area (Å²) in [7, 11) is -2.28. The van der Waals surface area contributed by atoms with Crippen molar-refractivity contribution in [3.63, 3.8) is 0 Å². The van der Waals surface area contributed by atoms with Crippen LogP contribution in [0, 0.1) is 11.3 Å². The molecule has 1 saturated heterocycles. The van der Waals surface area contributed by atoms with Crippen LogP contribution in [0.5, 0.6) is 0 Å². The molecule has 1 aliphatic heterocycles. The lowest BCUT2D eigenvalue weighted by atomic mass is 10.1. The minimum atomic E-state index is -4.51. The molecule has 2 aromatic rings. The maximum absolute atomic E-state index is 12.9. The van der Waals surface area contributed by atoms with Gasteiger partial charge in [0.2, 0.25) is 10.0 Å². The van der Waals surface area contributed by atoms with E-state index in [1.54, 1.807) is 18.2 Å². The highest BCUT2D eigenvalue weighted by Crippen LogP contribution is 2.33. The zero-order chi connectivity index (χ0) is 21.2. The Balaban J connectivity index is 1.82. The third-order valence-corrected chi connectivity index (χ3v) is 6.29. The van der Waals surface area contributed by atoms with Gasteiger partial charge in [-0.2, -0.15) is 18.4 Å². The minimum Gasteiger partial charge on any atom is -0.367 e. The Morgan fingerprint density at radius 3 is 2.14 bits per heavy atom. The van der Waals surface area contributed by atoms with Crippen LogP contribution in [0.25, 0.3) is 0 Å². The number of alkyl halides is 3. The lowest BCUT2D eigenvalue weighted by Gasteiger charge is -2.38. The molecule has 1 N–H and O–H groups in total. The first-order valence-electron chi connectivity index (χ1n) is 8.81. The second kappa shape index (κ2) is 7.93. The monoisotopic (exact) mass is 424 g/mol. The van der Waals surface area contributed by atoms with Crippen LogP contribution in [0.2, 0.25) is 0 Å². The highest BCUT2D eigenvalue weighted by atomic mass is 32.2. The van der Waals surface area contributed by atoms with Gasteiger partial charge in [-0.05, 0) is 37.4 Å². The van der Waals surface area contributed by atoms with Crippen LogP contribution in [0.3, 0.4) is 0 Å². The average molecular weight is 424 g/mol. The summed E-state index contributed by atoms with van der Waals surface area (Å²) < 4.78 is 65.5. The third kappa shape index (κ3) is 4.31. The maximum atomic E-state index is 12.9. The van der Waals surface area contributed by atoms with Crippen LogP contribution >= 0.6 is 0 Å². The summed E-state index contributed by atoms with van der Waals surface area (Å²) in [5.41, 5.74) is 0.111. The van der Waals surface area contributed by atoms with E-state index in [0.29, 0.717) is 37.6 Å². The Labute approximate surface area is 167 Å². The third-order valence-electron chi connectivity index (χ3n) is 4.83. The largest absolute Gasteiger partial charge is 0.416 e. The molecule has 0 spiro atoms. The number of piperazine rings is 1. The Kier molecular flexibility index (Phi) is 5.73. The van der Waals surface area contributed by atoms with Crippen molar-refractivity contribution >= 4 is 21.4 Å². The molecule has 0 bridgehead atoms. The van der Waals surface area contributed by atoms with Crippen molar-refractivity contribution in [3.05, 3.63) is 53.6 Å². The number of rotatable bonds is 4. The molecule has 1 fully saturated rings. The van der Waals surface area contributed by atoms with Crippen molar-refractivity contribution in [2.75, 3.05) is 43.0 Å². The Morgan fingerprint density at radius 1 is 1.00 bits per heavy atom. The lowest BCUT2D eigenvalue weighted by molar-refractivity contribution is -0.137. The molecule has 29 heavy (non-hydrogen) atoms. The number of para-hydroxylation sites is 1. The molecule has 0 radical (unpaired) electrons. The fourth-order valence-electron chi connectivity index (χ4n) is 3.32. The first-order chi connectivity index (χ1) is 13.7. The second-order valence-electron chi connectivity index (χ2n) is 6.49. The molecule has 2 aromatic carbocycles. The number of benzene rings is 2. The van der Waals surface area contributed by atoms with Gasteiger partial charge in [-0.25, -0.2) is 13.1 Å². The van der Waals surface area contributed by atoms with Crippen molar-refractivity contribution in [1.29, 1.82) is 5.26 Å². The smallest absolute Gasteiger partial charge is 0.367 e. The zero-order valence-electron chi connectivity index (χ0n) is 15.6. The number of sulfonamides is 1. The van der Waals surface area contributed by atoms with Crippen LogP contribution < -0.4 is 14.5 Å². The van der Waals surface area contributed by atoms with E-state index >= 15 is 0 Å². The summed E-state index contributed by atoms with van der Waals surface area (Å²) in [5, 5.41) is 9.29. The topological polar surface area (TPSA) is 76.4 Å². The fourth-order valence-corrected chi connectivity index (χ4v) is 4.27. The maximum Gasteiger partial charge on any atom is 0.416 e. The summed E-state index contributed by atoms with van der Waals surface area (Å²) >= 11 is 0. The van der Waals surface area contributed by atoms with Crippen molar-refractivity contribution < 1.29 is 21.6 Å². The summed E-state index contributed by atoms with van der Waals surface area (Å²) in [6.45, 7) is 1.80. The van der Waals surface area contributed by atoms with Crippen LogP contribution in [0.4, 0.5) is 24.5 Å². The molecule has 3 rings (SSSR count). The van der Waals surface area contributed by atoms with Gasteiger partial charge in [0.1, 0.15) is 11.0 Å². The van der Waals surface area contributed by atoms with E-state index in [4.69, 9.17) is 0 Å². The Bertz CT molecular complexity index is 1040. The van der Waals surface area contributed by atoms with E-state index in [0.717, 1.165) is 12.1 Å². The van der Waals surface area contributed by atoms with Gasteiger partial charge in [-0.1, -0.05) is 12.1 Å². The van der Waals surface area contributed by atoms with Crippen LogP contribution in [-0.4, -0.2) is 41.6 Å². The van der Waals surface area contributed by atoms with Gasteiger partial charge in [0.05, 0.1) is 22.5 Å². The molecule has 10 heteroatoms. The summed E-state index contributed by atoms with van der Waals surface area (Å²) in [6, 6.07) is 11.6. The van der Waals surface area contributed by atoms with Crippen LogP contribution in [0.15, 0.2) is 47.4 Å². The quantitative estimate of drug-likeness (QED) is 0.817. The van der Waals surface area contributed by atoms with Gasteiger partial charge >= 0.3 is 6.18 Å². The Hall–Kier alpha value is -2.77. The van der Waals surface area contributed by atoms with Gasteiger partial charge < -0.3 is 9.80 Å². The van der Waals surface area contributed by atoms with Crippen molar-refractivity contribution in [2.24, 2.45) is 0 Å². The van der Waals surface area contributed by atoms with E-state index in [1.807, 2.05) is 15.9 Å². The predicted octanol–water partition coefficient (Wildman–Crippen LogP) is 2.81. The van der Waals surface area contributed by atoms with Gasteiger partial charge in [-0.3, -0.25) is 0 Å². The molecule has 1 aliphatic rings. The van der Waals surface area contributed by atoms with Crippen LogP contribution in [0.1, 0.15) is 11.1 Å². The summed E-state index contributed by atoms with van der Waals surface area (Å²) in [5.74, 6) is 0. The van der Waals surface area contributed by atoms with E-state index in [1.165, 1.54) is 19.2 Å². The number of nitrogens with one attached hydrogen (secondary N) is 1. The Morgan fingerprint density at radius 2 is 1.59 bits per heavy atom. The molecular weight excluding hydrogens is 405 g/mol. The van der Waals surface area contributed by atoms with E-state index in [9.17, 15) is 26.9 Å². The second-order valence-corrected chi connectivity index (χ2v) is 8.35. The number of anilines is 2. The first-order valence-corrected chi connectivity index (χ1v) is 10.3. The molecule has 0 aromatic heterocycles. The van der Waals surface area contributed by atoms with Gasteiger partial charge in [0.25, 0.3) is 0 Å². The molecule has 0 amide bonds. The van der Waals surface area contributed by atoms with E-state index in [2.05, 4.69) is 4.72 Å². The molecule has 1 heterocycles. The number of hydrogen-bond acceptors (Lipinski definition) is 5. The standard InChI is InChI=1S/C19H19F3N4O2S/c1-24-29(27,28)18-5-3-2-4-17(18)26-10-8-25(9-11-26)16-7-6-15(19(20,21)22)12-14(16)13-23/h2-7,12,24H,8-11H2,1H3. The van der Waals surface area contributed by atoms with Crippen LogP contribution in [-0.2, 0) is 16.2 Å². The van der Waals surface area contributed by atoms with Crippen molar-refractivity contribution in [1.82, 2.24) is 4.72 Å². The molecule has 0 unspecified atom stereocenters. The minimum absolute atomic E-state index is 0.0357. The lowest BCUT2D eigenvalue weighted by Crippen LogP contribution is -2.47. The number of hydrogen-bond donors (Lipinski definition) is 1. The molecule has 0 saturated carbocycles. The molecule has 0 aliphatic carbocycles. The number of nitriles is 1. The zero-order valence-corrected chi connectivity index (χ0v) is 16.4. The summed E-state index contributed by atoms with van der Waals surface area (Å²) in [6.07, 6.45) is -4.51. The predicted molar refractivity (Wildman–Crippen MR) is 103 cm³/mol. The summed E-state index contributed by atoms with van der Waals surface area (Å²) in [4.78, 5) is 3.92. The van der Waals surface area contributed by atoms with Gasteiger partial charge in [0, 0.05) is 26.2 Å². The molecular formula is C19H19F3N4O2S. The molecule has 0 atom stereocenters. The molecule has 6 nitrogen and oxygen atoms in total. The van der Waals surface area contributed by atoms with Gasteiger partial charge in [0.15, 0.2) is 0 Å². The fraction of sp³-hybridized carbons (Fsp3) is 0.316. The van der Waals surface area contributed by atoms with E-state index in [-0.39, 0.29) is 10.5 Å². The van der Waals surface area contributed by atoms with Crippen molar-refractivity contribution in [2.45, 2.75) is 11.1 Å². The SMILES string of the molecule is CNS(=O)(=O)c1ccccc1N1CCN(c2ccc(C(F)(F)F)cc2C#N)CC1. The number of halogens is 3. The highest BCUT2D eigenvalue weighted by molar-refractivity contribution is 7.89.